The van der Waals surface area contributed by atoms with Crippen LogP contribution in [0.5, 0.6) is 0 Å². The second-order valence-corrected chi connectivity index (χ2v) is 9.28. The number of halogens is 1. The van der Waals surface area contributed by atoms with Crippen LogP contribution in [0.2, 0.25) is 5.02 Å². The maximum Gasteiger partial charge on any atom is 0.279 e. The molecule has 2 aromatic carbocycles. The number of hydrogen-bond acceptors (Lipinski definition) is 3. The fourth-order valence-electron chi connectivity index (χ4n) is 3.28. The van der Waals surface area contributed by atoms with Gasteiger partial charge in [-0.15, -0.1) is 0 Å². The number of rotatable bonds is 7. The molecule has 0 spiro atoms. The van der Waals surface area contributed by atoms with E-state index < -0.39 is 10.0 Å². The highest BCUT2D eigenvalue weighted by Gasteiger charge is 2.27. The van der Waals surface area contributed by atoms with Gasteiger partial charge in [0.25, 0.3) is 5.91 Å². The van der Waals surface area contributed by atoms with E-state index >= 15 is 0 Å². The van der Waals surface area contributed by atoms with Gasteiger partial charge in [-0.2, -0.15) is 4.31 Å². The minimum absolute atomic E-state index is 0.0290. The lowest BCUT2D eigenvalue weighted by Crippen LogP contribution is -2.86. The van der Waals surface area contributed by atoms with Gasteiger partial charge >= 0.3 is 0 Å². The van der Waals surface area contributed by atoms with Crippen LogP contribution in [0.3, 0.4) is 0 Å². The second-order valence-electron chi connectivity index (χ2n) is 6.94. The van der Waals surface area contributed by atoms with Gasteiger partial charge in [0.2, 0.25) is 10.0 Å². The van der Waals surface area contributed by atoms with Gasteiger partial charge in [0.05, 0.1) is 4.90 Å². The molecule has 0 saturated carbocycles. The summed E-state index contributed by atoms with van der Waals surface area (Å²) in [6.07, 6.45) is 1.77. The Morgan fingerprint density at radius 1 is 1.18 bits per heavy atom. The number of carbonyl (C=O) groups is 1. The number of quaternary nitrogens is 1. The fourth-order valence-corrected chi connectivity index (χ4v) is 5.15. The summed E-state index contributed by atoms with van der Waals surface area (Å²) in [5.74, 6) is -0.199. The summed E-state index contributed by atoms with van der Waals surface area (Å²) >= 11 is 6.20. The number of amides is 1. The standard InChI is InChI=1S/C20H24ClN3O3S/c1-15(18-9-2-3-10-19(18)21)22-14-20(25)23-16-7-6-8-17(13-16)28(26,27)24-11-4-5-12-24/h2-3,6-10,13,15,22H,4-5,11-12,14H2,1H3,(H,23,25)/p+1/t15-/m1/s1. The van der Waals surface area contributed by atoms with Crippen LogP contribution in [0, 0.1) is 0 Å². The molecule has 3 N–H and O–H groups in total. The number of hydrogen-bond donors (Lipinski definition) is 2. The monoisotopic (exact) mass is 422 g/mol. The van der Waals surface area contributed by atoms with E-state index in [2.05, 4.69) is 5.32 Å². The fraction of sp³-hybridized carbons (Fsp3) is 0.350. The SMILES string of the molecule is C[C@@H]([NH2+]CC(=O)Nc1cccc(S(=O)(=O)N2CCCC2)c1)c1ccccc1Cl. The molecule has 0 aromatic heterocycles. The van der Waals surface area contributed by atoms with Gasteiger partial charge in [-0.25, -0.2) is 8.42 Å². The van der Waals surface area contributed by atoms with E-state index in [0.29, 0.717) is 23.8 Å². The molecular formula is C20H25ClN3O3S+. The Morgan fingerprint density at radius 2 is 1.89 bits per heavy atom. The average molecular weight is 423 g/mol. The second kappa shape index (κ2) is 9.05. The molecule has 1 aliphatic heterocycles. The molecule has 1 fully saturated rings. The van der Waals surface area contributed by atoms with Gasteiger partial charge in [0.1, 0.15) is 6.04 Å². The third-order valence-corrected chi connectivity index (χ3v) is 7.11. The van der Waals surface area contributed by atoms with E-state index in [1.807, 2.05) is 36.5 Å². The van der Waals surface area contributed by atoms with Crippen molar-refractivity contribution in [1.82, 2.24) is 4.31 Å². The van der Waals surface area contributed by atoms with Gasteiger partial charge < -0.3 is 10.6 Å². The Labute approximate surface area is 170 Å². The highest BCUT2D eigenvalue weighted by Crippen LogP contribution is 2.23. The summed E-state index contributed by atoms with van der Waals surface area (Å²) in [5, 5.41) is 5.34. The molecule has 28 heavy (non-hydrogen) atoms. The summed E-state index contributed by atoms with van der Waals surface area (Å²) in [4.78, 5) is 12.5. The smallest absolute Gasteiger partial charge is 0.279 e. The van der Waals surface area contributed by atoms with E-state index in [9.17, 15) is 13.2 Å². The van der Waals surface area contributed by atoms with Crippen molar-refractivity contribution in [2.75, 3.05) is 25.0 Å². The quantitative estimate of drug-likeness (QED) is 0.718. The van der Waals surface area contributed by atoms with Crippen molar-refractivity contribution in [1.29, 1.82) is 0 Å². The molecule has 0 bridgehead atoms. The third kappa shape index (κ3) is 4.91. The molecule has 1 amide bonds. The van der Waals surface area contributed by atoms with E-state index in [0.717, 1.165) is 18.4 Å². The molecule has 0 unspecified atom stereocenters. The summed E-state index contributed by atoms with van der Waals surface area (Å²) in [6, 6.07) is 14.0. The van der Waals surface area contributed by atoms with Crippen LogP contribution in [0.4, 0.5) is 5.69 Å². The number of nitrogens with zero attached hydrogens (tertiary/aromatic N) is 1. The predicted molar refractivity (Wildman–Crippen MR) is 110 cm³/mol. The molecule has 1 saturated heterocycles. The molecular weight excluding hydrogens is 398 g/mol. The number of nitrogens with one attached hydrogen (secondary N) is 1. The molecule has 2 aromatic rings. The molecule has 6 nitrogen and oxygen atoms in total. The average Bonchev–Trinajstić information content (AvgIpc) is 3.22. The predicted octanol–water partition coefficient (Wildman–Crippen LogP) is 2.39. The van der Waals surface area contributed by atoms with E-state index in [-0.39, 0.29) is 23.4 Å². The number of carbonyl (C=O) groups excluding carboxylic acids is 1. The van der Waals surface area contributed by atoms with E-state index in [4.69, 9.17) is 11.6 Å². The largest absolute Gasteiger partial charge is 0.332 e. The Kier molecular flexibility index (Phi) is 6.72. The molecule has 0 aliphatic carbocycles. The van der Waals surface area contributed by atoms with Crippen LogP contribution >= 0.6 is 11.6 Å². The topological polar surface area (TPSA) is 83.1 Å². The Morgan fingerprint density at radius 3 is 2.61 bits per heavy atom. The zero-order valence-corrected chi connectivity index (χ0v) is 17.3. The van der Waals surface area contributed by atoms with Crippen molar-refractivity contribution >= 4 is 33.2 Å². The lowest BCUT2D eigenvalue weighted by atomic mass is 10.1. The van der Waals surface area contributed by atoms with Crippen LogP contribution in [0.1, 0.15) is 31.4 Å². The first-order chi connectivity index (χ1) is 13.4. The summed E-state index contributed by atoms with van der Waals surface area (Å²) in [5.41, 5.74) is 1.44. The normalized spacial score (nSPS) is 16.1. The van der Waals surface area contributed by atoms with Crippen molar-refractivity contribution < 1.29 is 18.5 Å². The van der Waals surface area contributed by atoms with Gasteiger partial charge in [0, 0.05) is 29.4 Å². The summed E-state index contributed by atoms with van der Waals surface area (Å²) < 4.78 is 26.8. The minimum atomic E-state index is -3.50. The number of benzene rings is 2. The van der Waals surface area contributed by atoms with Crippen molar-refractivity contribution in [3.8, 4) is 0 Å². The van der Waals surface area contributed by atoms with E-state index in [1.54, 1.807) is 18.2 Å². The molecule has 1 heterocycles. The zero-order valence-electron chi connectivity index (χ0n) is 15.8. The minimum Gasteiger partial charge on any atom is -0.332 e. The van der Waals surface area contributed by atoms with Crippen LogP contribution < -0.4 is 10.6 Å². The first kappa shape index (κ1) is 20.8. The van der Waals surface area contributed by atoms with Gasteiger partial charge in [0.15, 0.2) is 6.54 Å². The lowest BCUT2D eigenvalue weighted by molar-refractivity contribution is -0.682. The number of sulfonamides is 1. The van der Waals surface area contributed by atoms with Crippen LogP contribution in [-0.4, -0.2) is 38.3 Å². The van der Waals surface area contributed by atoms with Crippen molar-refractivity contribution in [2.24, 2.45) is 0 Å². The van der Waals surface area contributed by atoms with Crippen LogP contribution in [0.25, 0.3) is 0 Å². The lowest BCUT2D eigenvalue weighted by Gasteiger charge is -2.16. The zero-order chi connectivity index (χ0) is 20.1. The highest BCUT2D eigenvalue weighted by molar-refractivity contribution is 7.89. The summed E-state index contributed by atoms with van der Waals surface area (Å²) in [7, 11) is -3.50. The summed E-state index contributed by atoms with van der Waals surface area (Å²) in [6.45, 7) is 3.29. The molecule has 8 heteroatoms. The molecule has 1 aliphatic rings. The molecule has 3 rings (SSSR count). The third-order valence-electron chi connectivity index (χ3n) is 4.87. The van der Waals surface area contributed by atoms with Gasteiger partial charge in [-0.05, 0) is 44.0 Å². The highest BCUT2D eigenvalue weighted by atomic mass is 35.5. The van der Waals surface area contributed by atoms with Crippen molar-refractivity contribution in [3.05, 3.63) is 59.1 Å². The van der Waals surface area contributed by atoms with Gasteiger partial charge in [-0.1, -0.05) is 35.9 Å². The molecule has 1 atom stereocenters. The number of nitrogens with two attached hydrogens (primary N) is 1. The van der Waals surface area contributed by atoms with Gasteiger partial charge in [-0.3, -0.25) is 4.79 Å². The van der Waals surface area contributed by atoms with Crippen molar-refractivity contribution in [3.63, 3.8) is 0 Å². The Balaban J connectivity index is 1.61. The Bertz CT molecular complexity index is 943. The number of anilines is 1. The van der Waals surface area contributed by atoms with E-state index in [1.165, 1.54) is 10.4 Å². The van der Waals surface area contributed by atoms with Crippen LogP contribution in [0.15, 0.2) is 53.4 Å². The molecule has 0 radical (unpaired) electrons. The first-order valence-corrected chi connectivity index (χ1v) is 11.2. The molecule has 150 valence electrons. The first-order valence-electron chi connectivity index (χ1n) is 9.36. The maximum absolute atomic E-state index is 12.7. The van der Waals surface area contributed by atoms with Crippen molar-refractivity contribution in [2.45, 2.75) is 30.7 Å². The van der Waals surface area contributed by atoms with Crippen LogP contribution in [-0.2, 0) is 14.8 Å². The maximum atomic E-state index is 12.7. The Hall–Kier alpha value is -1.93.